The Labute approximate surface area is 242 Å². The molecule has 3 aromatic rings. The normalized spacial score (nSPS) is 14.5. The van der Waals surface area contributed by atoms with Gasteiger partial charge in [0, 0.05) is 17.6 Å². The van der Waals surface area contributed by atoms with Gasteiger partial charge in [-0.3, -0.25) is 13.9 Å². The van der Waals surface area contributed by atoms with Gasteiger partial charge < -0.3 is 10.2 Å². The number of sulfonamides is 1. The predicted octanol–water partition coefficient (Wildman–Crippen LogP) is 5.63. The van der Waals surface area contributed by atoms with E-state index in [4.69, 9.17) is 11.6 Å². The molecule has 1 fully saturated rings. The molecule has 3 aromatic carbocycles. The largest absolute Gasteiger partial charge is 0.352 e. The van der Waals surface area contributed by atoms with E-state index in [-0.39, 0.29) is 29.1 Å². The average Bonchev–Trinajstić information content (AvgIpc) is 3.43. The Morgan fingerprint density at radius 2 is 1.62 bits per heavy atom. The Hall–Kier alpha value is -3.36. The Balaban J connectivity index is 1.69. The van der Waals surface area contributed by atoms with E-state index in [9.17, 15) is 18.0 Å². The van der Waals surface area contributed by atoms with Crippen molar-refractivity contribution in [3.8, 4) is 0 Å². The van der Waals surface area contributed by atoms with Crippen LogP contribution in [0.25, 0.3) is 0 Å². The first kappa shape index (κ1) is 29.6. The second-order valence-electron chi connectivity index (χ2n) is 10.5. The summed E-state index contributed by atoms with van der Waals surface area (Å²) in [7, 11) is -4.13. The summed E-state index contributed by atoms with van der Waals surface area (Å²) in [5.74, 6) is -0.741. The van der Waals surface area contributed by atoms with Crippen molar-refractivity contribution in [2.24, 2.45) is 0 Å². The minimum Gasteiger partial charge on any atom is -0.352 e. The van der Waals surface area contributed by atoms with Crippen molar-refractivity contribution in [3.63, 3.8) is 0 Å². The maximum Gasteiger partial charge on any atom is 0.264 e. The average molecular weight is 582 g/mol. The van der Waals surface area contributed by atoms with E-state index >= 15 is 0 Å². The topological polar surface area (TPSA) is 86.8 Å². The smallest absolute Gasteiger partial charge is 0.264 e. The van der Waals surface area contributed by atoms with Crippen LogP contribution in [0.1, 0.15) is 49.3 Å². The number of halogens is 1. The van der Waals surface area contributed by atoms with Crippen LogP contribution < -0.4 is 9.62 Å². The first-order valence-electron chi connectivity index (χ1n) is 13.5. The molecule has 0 unspecified atom stereocenters. The highest BCUT2D eigenvalue weighted by Crippen LogP contribution is 2.27. The van der Waals surface area contributed by atoms with Crippen LogP contribution in [-0.2, 0) is 26.2 Å². The molecule has 0 heterocycles. The number of benzene rings is 3. The van der Waals surface area contributed by atoms with Gasteiger partial charge in [-0.05, 0) is 69.5 Å². The Kier molecular flexibility index (Phi) is 9.53. The monoisotopic (exact) mass is 581 g/mol. The lowest BCUT2D eigenvalue weighted by Gasteiger charge is -2.32. The zero-order valence-corrected chi connectivity index (χ0v) is 24.7. The van der Waals surface area contributed by atoms with Crippen LogP contribution in [-0.4, -0.2) is 43.8 Å². The summed E-state index contributed by atoms with van der Waals surface area (Å²) in [5, 5.41) is 3.43. The zero-order chi connectivity index (χ0) is 28.9. The van der Waals surface area contributed by atoms with Gasteiger partial charge in [0.1, 0.15) is 12.6 Å². The lowest BCUT2D eigenvalue weighted by Crippen LogP contribution is -2.52. The molecule has 1 aliphatic carbocycles. The summed E-state index contributed by atoms with van der Waals surface area (Å²) in [4.78, 5) is 28.8. The van der Waals surface area contributed by atoms with E-state index < -0.39 is 28.5 Å². The minimum atomic E-state index is -4.13. The van der Waals surface area contributed by atoms with Crippen LogP contribution in [0.3, 0.4) is 0 Å². The standard InChI is InChI=1S/C31H36ClN3O4S/c1-22-14-16-29(17-15-22)40(38,39)35(28-13-7-10-26(32)19-28)21-30(36)34(20-25-9-6-8-23(2)18-25)24(3)31(37)33-27-11-4-5-12-27/h6-10,13-19,24,27H,4-5,11-12,20-21H2,1-3H3,(H,33,37)/t24-/m0/s1. The van der Waals surface area contributed by atoms with Gasteiger partial charge in [0.25, 0.3) is 10.0 Å². The molecule has 2 amide bonds. The molecule has 1 N–H and O–H groups in total. The number of rotatable bonds is 10. The van der Waals surface area contributed by atoms with Crippen molar-refractivity contribution in [2.75, 3.05) is 10.8 Å². The van der Waals surface area contributed by atoms with Crippen LogP contribution in [0.4, 0.5) is 5.69 Å². The van der Waals surface area contributed by atoms with Gasteiger partial charge >= 0.3 is 0 Å². The molecule has 0 saturated heterocycles. The summed E-state index contributed by atoms with van der Waals surface area (Å²) in [6.45, 7) is 5.18. The fourth-order valence-corrected chi connectivity index (χ4v) is 6.57. The van der Waals surface area contributed by atoms with Gasteiger partial charge in [-0.2, -0.15) is 0 Å². The number of amides is 2. The number of hydrogen-bond acceptors (Lipinski definition) is 4. The van der Waals surface area contributed by atoms with Crippen LogP contribution in [0.5, 0.6) is 0 Å². The molecule has 1 atom stereocenters. The number of hydrogen-bond donors (Lipinski definition) is 1. The molecule has 9 heteroatoms. The van der Waals surface area contributed by atoms with Crippen LogP contribution >= 0.6 is 11.6 Å². The summed E-state index contributed by atoms with van der Waals surface area (Å²) >= 11 is 6.23. The van der Waals surface area contributed by atoms with Crippen molar-refractivity contribution in [1.29, 1.82) is 0 Å². The maximum absolute atomic E-state index is 14.0. The number of nitrogens with one attached hydrogen (secondary N) is 1. The Morgan fingerprint density at radius 1 is 0.950 bits per heavy atom. The SMILES string of the molecule is Cc1ccc(S(=O)(=O)N(CC(=O)N(Cc2cccc(C)c2)[C@@H](C)C(=O)NC2CCCC2)c2cccc(Cl)c2)cc1. The molecule has 1 saturated carbocycles. The highest BCUT2D eigenvalue weighted by atomic mass is 35.5. The molecule has 212 valence electrons. The fraction of sp³-hybridized carbons (Fsp3) is 0.355. The van der Waals surface area contributed by atoms with Crippen LogP contribution in [0.15, 0.2) is 77.7 Å². The highest BCUT2D eigenvalue weighted by Gasteiger charge is 2.33. The minimum absolute atomic E-state index is 0.0585. The van der Waals surface area contributed by atoms with E-state index in [1.165, 1.54) is 23.1 Å². The quantitative estimate of drug-likeness (QED) is 0.336. The third kappa shape index (κ3) is 7.23. The zero-order valence-electron chi connectivity index (χ0n) is 23.1. The molecule has 40 heavy (non-hydrogen) atoms. The van der Waals surface area contributed by atoms with Gasteiger partial charge in [-0.1, -0.05) is 78.0 Å². The summed E-state index contributed by atoms with van der Waals surface area (Å²) < 4.78 is 28.8. The molecule has 7 nitrogen and oxygen atoms in total. The predicted molar refractivity (Wildman–Crippen MR) is 159 cm³/mol. The molecule has 0 radical (unpaired) electrons. The molecular formula is C31H36ClN3O4S. The second kappa shape index (κ2) is 12.9. The van der Waals surface area contributed by atoms with Gasteiger partial charge in [0.05, 0.1) is 10.6 Å². The Morgan fingerprint density at radius 3 is 2.27 bits per heavy atom. The van der Waals surface area contributed by atoms with Crippen molar-refractivity contribution in [3.05, 3.63) is 94.5 Å². The summed E-state index contributed by atoms with van der Waals surface area (Å²) in [6, 6.07) is 19.9. The van der Waals surface area contributed by atoms with Crippen LogP contribution in [0, 0.1) is 13.8 Å². The highest BCUT2D eigenvalue weighted by molar-refractivity contribution is 7.92. The molecule has 1 aliphatic rings. The van der Waals surface area contributed by atoms with Crippen molar-refractivity contribution >= 4 is 39.1 Å². The van der Waals surface area contributed by atoms with E-state index in [1.54, 1.807) is 37.3 Å². The third-order valence-corrected chi connectivity index (χ3v) is 9.31. The third-order valence-electron chi connectivity index (χ3n) is 7.29. The first-order chi connectivity index (χ1) is 19.0. The summed E-state index contributed by atoms with van der Waals surface area (Å²) in [5.41, 5.74) is 3.05. The van der Waals surface area contributed by atoms with E-state index in [0.717, 1.165) is 46.7 Å². The van der Waals surface area contributed by atoms with E-state index in [0.29, 0.717) is 5.02 Å². The van der Waals surface area contributed by atoms with E-state index in [1.807, 2.05) is 38.1 Å². The molecular weight excluding hydrogens is 546 g/mol. The molecule has 0 aliphatic heterocycles. The molecule has 0 spiro atoms. The number of aryl methyl sites for hydroxylation is 2. The maximum atomic E-state index is 14.0. The Bertz CT molecular complexity index is 1450. The van der Waals surface area contributed by atoms with E-state index in [2.05, 4.69) is 5.32 Å². The summed E-state index contributed by atoms with van der Waals surface area (Å²) in [6.07, 6.45) is 3.97. The second-order valence-corrected chi connectivity index (χ2v) is 12.8. The van der Waals surface area contributed by atoms with Crippen molar-refractivity contribution in [1.82, 2.24) is 10.2 Å². The number of nitrogens with zero attached hydrogens (tertiary/aromatic N) is 2. The van der Waals surface area contributed by atoms with Crippen molar-refractivity contribution in [2.45, 2.75) is 70.0 Å². The molecule has 0 aromatic heterocycles. The van der Waals surface area contributed by atoms with Gasteiger partial charge in [-0.25, -0.2) is 8.42 Å². The first-order valence-corrected chi connectivity index (χ1v) is 15.4. The van der Waals surface area contributed by atoms with Gasteiger partial charge in [-0.15, -0.1) is 0 Å². The van der Waals surface area contributed by atoms with Gasteiger partial charge in [0.2, 0.25) is 11.8 Å². The lowest BCUT2D eigenvalue weighted by molar-refractivity contribution is -0.139. The molecule has 0 bridgehead atoms. The number of anilines is 1. The lowest BCUT2D eigenvalue weighted by atomic mass is 10.1. The molecule has 4 rings (SSSR count). The fourth-order valence-electron chi connectivity index (χ4n) is 4.98. The van der Waals surface area contributed by atoms with Crippen molar-refractivity contribution < 1.29 is 18.0 Å². The van der Waals surface area contributed by atoms with Gasteiger partial charge in [0.15, 0.2) is 0 Å². The number of carbonyl (C=O) groups excluding carboxylic acids is 2. The van der Waals surface area contributed by atoms with Crippen LogP contribution in [0.2, 0.25) is 5.02 Å². The number of carbonyl (C=O) groups is 2.